The minimum Gasteiger partial charge on any atom is -0.507 e. The number of carbonyl (C=O) groups excluding carboxylic acids is 2. The van der Waals surface area contributed by atoms with Crippen LogP contribution in [0.3, 0.4) is 0 Å². The summed E-state index contributed by atoms with van der Waals surface area (Å²) in [7, 11) is 4.42. The zero-order valence-corrected chi connectivity index (χ0v) is 11.8. The summed E-state index contributed by atoms with van der Waals surface area (Å²) in [6, 6.07) is 5.84. The van der Waals surface area contributed by atoms with Gasteiger partial charge in [-0.2, -0.15) is 0 Å². The monoisotopic (exact) mass is 290 g/mol. The van der Waals surface area contributed by atoms with Crippen molar-refractivity contribution in [1.82, 2.24) is 10.1 Å². The number of aromatic hydroxyl groups is 1. The number of benzene rings is 1. The molecule has 0 spiro atoms. The number of nitrogens with zero attached hydrogens (tertiary/aromatic N) is 2. The Bertz CT molecular complexity index is 690. The Hall–Kier alpha value is -2.83. The molecule has 1 aromatic carbocycles. The van der Waals surface area contributed by atoms with Crippen molar-refractivity contribution in [1.29, 1.82) is 0 Å². The highest BCUT2D eigenvalue weighted by molar-refractivity contribution is 5.97. The Morgan fingerprint density at radius 1 is 1.29 bits per heavy atom. The predicted molar refractivity (Wildman–Crippen MR) is 73.0 cm³/mol. The third kappa shape index (κ3) is 2.86. The SMILES string of the molecule is COC(=O)c1cc(-c2ccc(C(=O)N(C)C)c(O)c2)on1. The third-order valence-corrected chi connectivity index (χ3v) is 2.82. The van der Waals surface area contributed by atoms with Gasteiger partial charge in [0.25, 0.3) is 5.91 Å². The molecule has 0 saturated heterocycles. The second-order valence-electron chi connectivity index (χ2n) is 4.50. The first kappa shape index (κ1) is 14.6. The first-order valence-electron chi connectivity index (χ1n) is 6.04. The molecule has 2 aromatic rings. The molecule has 0 aliphatic carbocycles. The number of esters is 1. The van der Waals surface area contributed by atoms with Gasteiger partial charge in [0, 0.05) is 25.7 Å². The second-order valence-corrected chi connectivity index (χ2v) is 4.50. The number of aromatic nitrogens is 1. The summed E-state index contributed by atoms with van der Waals surface area (Å²) in [4.78, 5) is 24.5. The number of methoxy groups -OCH3 is 1. The van der Waals surface area contributed by atoms with Crippen LogP contribution in [0.25, 0.3) is 11.3 Å². The number of phenols is 1. The van der Waals surface area contributed by atoms with Crippen LogP contribution >= 0.6 is 0 Å². The highest BCUT2D eigenvalue weighted by atomic mass is 16.5. The molecule has 0 unspecified atom stereocenters. The topological polar surface area (TPSA) is 92.9 Å². The van der Waals surface area contributed by atoms with E-state index in [0.29, 0.717) is 5.56 Å². The smallest absolute Gasteiger partial charge is 0.360 e. The van der Waals surface area contributed by atoms with Crippen LogP contribution in [-0.2, 0) is 4.74 Å². The van der Waals surface area contributed by atoms with Crippen LogP contribution in [0.1, 0.15) is 20.8 Å². The molecule has 21 heavy (non-hydrogen) atoms. The van der Waals surface area contributed by atoms with Gasteiger partial charge in [0.15, 0.2) is 11.5 Å². The number of hydrogen-bond donors (Lipinski definition) is 1. The van der Waals surface area contributed by atoms with Crippen LogP contribution in [0.4, 0.5) is 0 Å². The van der Waals surface area contributed by atoms with Gasteiger partial charge >= 0.3 is 5.97 Å². The number of hydrogen-bond acceptors (Lipinski definition) is 6. The molecule has 0 aliphatic rings. The second kappa shape index (κ2) is 5.66. The van der Waals surface area contributed by atoms with Crippen LogP contribution < -0.4 is 0 Å². The van der Waals surface area contributed by atoms with Gasteiger partial charge in [-0.3, -0.25) is 4.79 Å². The number of amides is 1. The number of ether oxygens (including phenoxy) is 1. The zero-order chi connectivity index (χ0) is 15.6. The Labute approximate surface area is 120 Å². The Morgan fingerprint density at radius 2 is 2.00 bits per heavy atom. The molecule has 1 heterocycles. The standard InChI is InChI=1S/C14H14N2O5/c1-16(2)13(18)9-5-4-8(6-11(9)17)12-7-10(15-21-12)14(19)20-3/h4-7,17H,1-3H3. The number of rotatable bonds is 3. The third-order valence-electron chi connectivity index (χ3n) is 2.82. The molecule has 0 bridgehead atoms. The predicted octanol–water partition coefficient (Wildman–Crippen LogP) is 1.54. The normalized spacial score (nSPS) is 10.2. The molecule has 0 atom stereocenters. The summed E-state index contributed by atoms with van der Waals surface area (Å²) in [5.41, 5.74) is 0.697. The molecule has 1 aromatic heterocycles. The van der Waals surface area contributed by atoms with Gasteiger partial charge in [-0.05, 0) is 12.1 Å². The maximum Gasteiger partial charge on any atom is 0.360 e. The lowest BCUT2D eigenvalue weighted by Gasteiger charge is -2.11. The van der Waals surface area contributed by atoms with Crippen LogP contribution in [0.5, 0.6) is 5.75 Å². The van der Waals surface area contributed by atoms with Gasteiger partial charge in [-0.25, -0.2) is 4.79 Å². The minimum atomic E-state index is -0.617. The maximum absolute atomic E-state index is 11.8. The number of phenolic OH excluding ortho intramolecular Hbond substituents is 1. The fourth-order valence-electron chi connectivity index (χ4n) is 1.72. The van der Waals surface area contributed by atoms with E-state index in [0.717, 1.165) is 0 Å². The summed E-state index contributed by atoms with van der Waals surface area (Å²) < 4.78 is 9.54. The molecule has 0 radical (unpaired) electrons. The first-order valence-corrected chi connectivity index (χ1v) is 6.04. The maximum atomic E-state index is 11.8. The molecule has 1 amide bonds. The van der Waals surface area contributed by atoms with Crippen molar-refractivity contribution in [2.75, 3.05) is 21.2 Å². The quantitative estimate of drug-likeness (QED) is 0.862. The van der Waals surface area contributed by atoms with Crippen molar-refractivity contribution >= 4 is 11.9 Å². The summed E-state index contributed by atoms with van der Waals surface area (Å²) >= 11 is 0. The van der Waals surface area contributed by atoms with E-state index in [1.807, 2.05) is 0 Å². The molecule has 110 valence electrons. The highest BCUT2D eigenvalue weighted by Gasteiger charge is 2.17. The average molecular weight is 290 g/mol. The molecular weight excluding hydrogens is 276 g/mol. The minimum absolute atomic E-state index is 0.0282. The van der Waals surface area contributed by atoms with Crippen molar-refractivity contribution in [2.45, 2.75) is 0 Å². The average Bonchev–Trinajstić information content (AvgIpc) is 2.95. The summed E-state index contributed by atoms with van der Waals surface area (Å²) in [5, 5.41) is 13.5. The molecule has 1 N–H and O–H groups in total. The van der Waals surface area contributed by atoms with E-state index in [-0.39, 0.29) is 28.7 Å². The van der Waals surface area contributed by atoms with Gasteiger partial charge in [0.2, 0.25) is 0 Å². The van der Waals surface area contributed by atoms with Crippen molar-refractivity contribution in [3.63, 3.8) is 0 Å². The van der Waals surface area contributed by atoms with Crippen molar-refractivity contribution in [3.8, 4) is 17.1 Å². The number of carbonyl (C=O) groups is 2. The van der Waals surface area contributed by atoms with E-state index < -0.39 is 5.97 Å². The molecular formula is C14H14N2O5. The van der Waals surface area contributed by atoms with E-state index >= 15 is 0 Å². The first-order chi connectivity index (χ1) is 9.93. The van der Waals surface area contributed by atoms with E-state index in [2.05, 4.69) is 9.89 Å². The van der Waals surface area contributed by atoms with Crippen LogP contribution in [0.15, 0.2) is 28.8 Å². The molecule has 0 aliphatic heterocycles. The summed E-state index contributed by atoms with van der Waals surface area (Å²) in [6.07, 6.45) is 0. The van der Waals surface area contributed by atoms with Crippen LogP contribution in [0, 0.1) is 0 Å². The fraction of sp³-hybridized carbons (Fsp3) is 0.214. The summed E-state index contributed by atoms with van der Waals surface area (Å²) in [6.45, 7) is 0. The van der Waals surface area contributed by atoms with Gasteiger partial charge in [0.05, 0.1) is 12.7 Å². The summed E-state index contributed by atoms with van der Waals surface area (Å²) in [5.74, 6) is -0.822. The zero-order valence-electron chi connectivity index (χ0n) is 11.8. The van der Waals surface area contributed by atoms with Gasteiger partial charge in [0.1, 0.15) is 5.75 Å². The lowest BCUT2D eigenvalue weighted by Crippen LogP contribution is -2.21. The van der Waals surface area contributed by atoms with Crippen molar-refractivity contribution < 1.29 is 24.0 Å². The molecule has 7 heteroatoms. The van der Waals surface area contributed by atoms with E-state index in [1.165, 1.54) is 30.2 Å². The lowest BCUT2D eigenvalue weighted by molar-refractivity contribution is 0.0589. The van der Waals surface area contributed by atoms with E-state index in [4.69, 9.17) is 4.52 Å². The van der Waals surface area contributed by atoms with Gasteiger partial charge in [-0.15, -0.1) is 0 Å². The van der Waals surface area contributed by atoms with Gasteiger partial charge < -0.3 is 19.3 Å². The highest BCUT2D eigenvalue weighted by Crippen LogP contribution is 2.27. The van der Waals surface area contributed by atoms with E-state index in [9.17, 15) is 14.7 Å². The fourth-order valence-corrected chi connectivity index (χ4v) is 1.72. The molecule has 0 saturated carbocycles. The van der Waals surface area contributed by atoms with Crippen molar-refractivity contribution in [2.24, 2.45) is 0 Å². The van der Waals surface area contributed by atoms with Gasteiger partial charge in [-0.1, -0.05) is 11.2 Å². The largest absolute Gasteiger partial charge is 0.507 e. The Morgan fingerprint density at radius 3 is 2.57 bits per heavy atom. The molecule has 0 fully saturated rings. The van der Waals surface area contributed by atoms with Crippen LogP contribution in [-0.4, -0.2) is 48.2 Å². The Balaban J connectivity index is 2.34. The van der Waals surface area contributed by atoms with Crippen LogP contribution in [0.2, 0.25) is 0 Å². The van der Waals surface area contributed by atoms with E-state index in [1.54, 1.807) is 20.2 Å². The van der Waals surface area contributed by atoms with Crippen molar-refractivity contribution in [3.05, 3.63) is 35.5 Å². The molecule has 2 rings (SSSR count). The Kier molecular flexibility index (Phi) is 3.93. The molecule has 7 nitrogen and oxygen atoms in total. The lowest BCUT2D eigenvalue weighted by atomic mass is 10.1.